The molecule has 1 fully saturated rings. The van der Waals surface area contributed by atoms with E-state index in [1.807, 2.05) is 19.1 Å². The fraction of sp³-hybridized carbons (Fsp3) is 0.435. The molecule has 0 atom stereocenters. The molecule has 2 aromatic rings. The monoisotopic (exact) mass is 430 g/mol. The molecule has 0 saturated heterocycles. The Kier molecular flexibility index (Phi) is 7.02. The summed E-state index contributed by atoms with van der Waals surface area (Å²) in [7, 11) is -0.608. The first-order chi connectivity index (χ1) is 14.3. The maximum atomic E-state index is 13.5. The molecule has 0 N–H and O–H groups in total. The van der Waals surface area contributed by atoms with Crippen LogP contribution < -0.4 is 9.04 Å². The number of carbonyl (C=O) groups excluding carboxylic acids is 1. The number of rotatable bonds is 7. The standard InChI is InChI=1S/C23H30N2O4S/c1-18-9-11-20(12-10-18)25(17-23(26)24(2)19-7-5-4-6-8-19)30(27,28)22-15-13-21(29-3)14-16-22/h9-16,19H,4-8,17H2,1-3H3. The second kappa shape index (κ2) is 9.51. The predicted molar refractivity (Wildman–Crippen MR) is 118 cm³/mol. The van der Waals surface area contributed by atoms with Gasteiger partial charge in [0.1, 0.15) is 12.3 Å². The molecule has 30 heavy (non-hydrogen) atoms. The van der Waals surface area contributed by atoms with Gasteiger partial charge in [0, 0.05) is 13.1 Å². The number of amides is 1. The highest BCUT2D eigenvalue weighted by Gasteiger charge is 2.30. The third-order valence-corrected chi connectivity index (χ3v) is 7.55. The minimum atomic E-state index is -3.92. The lowest BCUT2D eigenvalue weighted by Gasteiger charge is -2.33. The van der Waals surface area contributed by atoms with Crippen LogP contribution in [0, 0.1) is 6.92 Å². The van der Waals surface area contributed by atoms with Crippen LogP contribution in [0.5, 0.6) is 5.75 Å². The molecule has 2 aromatic carbocycles. The van der Waals surface area contributed by atoms with Crippen LogP contribution in [-0.2, 0) is 14.8 Å². The molecule has 3 rings (SSSR count). The summed E-state index contributed by atoms with van der Waals surface area (Å²) in [5, 5.41) is 0. The van der Waals surface area contributed by atoms with Crippen LogP contribution in [0.25, 0.3) is 0 Å². The first-order valence-corrected chi connectivity index (χ1v) is 11.8. The average Bonchev–Trinajstić information content (AvgIpc) is 2.78. The first-order valence-electron chi connectivity index (χ1n) is 10.3. The summed E-state index contributed by atoms with van der Waals surface area (Å²) in [4.78, 5) is 14.9. The van der Waals surface area contributed by atoms with Crippen LogP contribution in [0.4, 0.5) is 5.69 Å². The van der Waals surface area contributed by atoms with E-state index in [1.165, 1.54) is 30.0 Å². The second-order valence-corrected chi connectivity index (χ2v) is 9.68. The van der Waals surface area contributed by atoms with Gasteiger partial charge in [-0.05, 0) is 56.2 Å². The molecular formula is C23H30N2O4S. The van der Waals surface area contributed by atoms with E-state index in [0.717, 1.165) is 31.2 Å². The van der Waals surface area contributed by atoms with Gasteiger partial charge in [-0.2, -0.15) is 0 Å². The molecule has 1 amide bonds. The molecule has 1 saturated carbocycles. The Hall–Kier alpha value is -2.54. The van der Waals surface area contributed by atoms with E-state index in [0.29, 0.717) is 11.4 Å². The molecule has 7 heteroatoms. The fourth-order valence-corrected chi connectivity index (χ4v) is 5.22. The molecule has 6 nitrogen and oxygen atoms in total. The largest absolute Gasteiger partial charge is 0.497 e. The van der Waals surface area contributed by atoms with Crippen molar-refractivity contribution in [1.29, 1.82) is 0 Å². The number of nitrogens with zero attached hydrogens (tertiary/aromatic N) is 2. The van der Waals surface area contributed by atoms with E-state index in [4.69, 9.17) is 4.74 Å². The molecule has 1 aliphatic carbocycles. The maximum Gasteiger partial charge on any atom is 0.264 e. The highest BCUT2D eigenvalue weighted by molar-refractivity contribution is 7.92. The molecule has 0 unspecified atom stereocenters. The van der Waals surface area contributed by atoms with Crippen LogP contribution in [0.1, 0.15) is 37.7 Å². The van der Waals surface area contributed by atoms with Gasteiger partial charge in [-0.25, -0.2) is 8.42 Å². The smallest absolute Gasteiger partial charge is 0.264 e. The molecule has 0 aliphatic heterocycles. The Morgan fingerprint density at radius 1 is 1.00 bits per heavy atom. The minimum Gasteiger partial charge on any atom is -0.497 e. The Morgan fingerprint density at radius 2 is 1.60 bits per heavy atom. The highest BCUT2D eigenvalue weighted by atomic mass is 32.2. The summed E-state index contributed by atoms with van der Waals surface area (Å²) >= 11 is 0. The summed E-state index contributed by atoms with van der Waals surface area (Å²) in [6.45, 7) is 1.71. The third kappa shape index (κ3) is 4.95. The van der Waals surface area contributed by atoms with Crippen LogP contribution in [0.2, 0.25) is 0 Å². The van der Waals surface area contributed by atoms with E-state index in [1.54, 1.807) is 36.2 Å². The number of benzene rings is 2. The molecule has 0 bridgehead atoms. The lowest BCUT2D eigenvalue weighted by Crippen LogP contribution is -2.45. The zero-order valence-corrected chi connectivity index (χ0v) is 18.7. The average molecular weight is 431 g/mol. The number of sulfonamides is 1. The van der Waals surface area contributed by atoms with Crippen molar-refractivity contribution in [1.82, 2.24) is 4.90 Å². The van der Waals surface area contributed by atoms with Crippen molar-refractivity contribution in [2.75, 3.05) is 25.0 Å². The van der Waals surface area contributed by atoms with Crippen molar-refractivity contribution >= 4 is 21.6 Å². The molecule has 0 radical (unpaired) electrons. The Morgan fingerprint density at radius 3 is 2.17 bits per heavy atom. The second-order valence-electron chi connectivity index (χ2n) is 7.82. The normalized spacial score (nSPS) is 14.9. The number of ether oxygens (including phenoxy) is 1. The Balaban J connectivity index is 1.91. The van der Waals surface area contributed by atoms with Gasteiger partial charge in [0.05, 0.1) is 17.7 Å². The lowest BCUT2D eigenvalue weighted by molar-refractivity contribution is -0.130. The zero-order valence-electron chi connectivity index (χ0n) is 17.9. The van der Waals surface area contributed by atoms with Gasteiger partial charge in [-0.15, -0.1) is 0 Å². The van der Waals surface area contributed by atoms with Crippen LogP contribution in [0.3, 0.4) is 0 Å². The van der Waals surface area contributed by atoms with Gasteiger partial charge in [0.25, 0.3) is 10.0 Å². The highest BCUT2D eigenvalue weighted by Crippen LogP contribution is 2.27. The van der Waals surface area contributed by atoms with Gasteiger partial charge in [-0.3, -0.25) is 9.10 Å². The fourth-order valence-electron chi connectivity index (χ4n) is 3.81. The van der Waals surface area contributed by atoms with Crippen LogP contribution in [-0.4, -0.2) is 46.0 Å². The number of hydrogen-bond donors (Lipinski definition) is 0. The van der Waals surface area contributed by atoms with Crippen molar-refractivity contribution < 1.29 is 17.9 Å². The number of carbonyl (C=O) groups is 1. The predicted octanol–water partition coefficient (Wildman–Crippen LogP) is 3.99. The van der Waals surface area contributed by atoms with Gasteiger partial charge < -0.3 is 9.64 Å². The minimum absolute atomic E-state index is 0.122. The Bertz CT molecular complexity index is 950. The van der Waals surface area contributed by atoms with E-state index < -0.39 is 10.0 Å². The SMILES string of the molecule is COc1ccc(S(=O)(=O)N(CC(=O)N(C)C2CCCCC2)c2ccc(C)cc2)cc1. The van der Waals surface area contributed by atoms with Crippen molar-refractivity contribution in [3.05, 3.63) is 54.1 Å². The molecule has 162 valence electrons. The molecule has 0 spiro atoms. The van der Waals surface area contributed by atoms with Crippen LogP contribution in [0.15, 0.2) is 53.4 Å². The number of methoxy groups -OCH3 is 1. The quantitative estimate of drug-likeness (QED) is 0.666. The van der Waals surface area contributed by atoms with E-state index >= 15 is 0 Å². The third-order valence-electron chi connectivity index (χ3n) is 5.76. The van der Waals surface area contributed by atoms with E-state index in [2.05, 4.69) is 0 Å². The number of hydrogen-bond acceptors (Lipinski definition) is 4. The van der Waals surface area contributed by atoms with Crippen molar-refractivity contribution in [2.24, 2.45) is 0 Å². The van der Waals surface area contributed by atoms with E-state index in [-0.39, 0.29) is 23.4 Å². The summed E-state index contributed by atoms with van der Waals surface area (Å²) in [6.07, 6.45) is 5.35. The summed E-state index contributed by atoms with van der Waals surface area (Å²) in [6, 6.07) is 13.6. The molecule has 1 aliphatic rings. The number of likely N-dealkylation sites (N-methyl/N-ethyl adjacent to an activating group) is 1. The number of aryl methyl sites for hydroxylation is 1. The van der Waals surface area contributed by atoms with Gasteiger partial charge >= 0.3 is 0 Å². The molecular weight excluding hydrogens is 400 g/mol. The van der Waals surface area contributed by atoms with E-state index in [9.17, 15) is 13.2 Å². The summed E-state index contributed by atoms with van der Waals surface area (Å²) in [5.41, 5.74) is 1.49. The first kappa shape index (κ1) is 22.2. The number of anilines is 1. The Labute approximate surface area is 179 Å². The van der Waals surface area contributed by atoms with Crippen LogP contribution >= 0.6 is 0 Å². The summed E-state index contributed by atoms with van der Waals surface area (Å²) < 4.78 is 33.3. The van der Waals surface area contributed by atoms with Crippen molar-refractivity contribution in [3.8, 4) is 5.75 Å². The molecule has 0 aromatic heterocycles. The zero-order chi connectivity index (χ0) is 21.7. The van der Waals surface area contributed by atoms with Crippen molar-refractivity contribution in [2.45, 2.75) is 50.0 Å². The van der Waals surface area contributed by atoms with Gasteiger partial charge in [-0.1, -0.05) is 37.0 Å². The molecule has 0 heterocycles. The lowest BCUT2D eigenvalue weighted by atomic mass is 9.94. The topological polar surface area (TPSA) is 66.9 Å². The summed E-state index contributed by atoms with van der Waals surface area (Å²) in [5.74, 6) is 0.378. The van der Waals surface area contributed by atoms with Crippen molar-refractivity contribution in [3.63, 3.8) is 0 Å². The van der Waals surface area contributed by atoms with Gasteiger partial charge in [0.2, 0.25) is 5.91 Å². The van der Waals surface area contributed by atoms with Gasteiger partial charge in [0.15, 0.2) is 0 Å². The maximum absolute atomic E-state index is 13.5.